The molecule has 0 spiro atoms. The Morgan fingerprint density at radius 2 is 1.90 bits per heavy atom. The van der Waals surface area contributed by atoms with Gasteiger partial charge in [-0.25, -0.2) is 4.98 Å². The molecule has 0 saturated heterocycles. The summed E-state index contributed by atoms with van der Waals surface area (Å²) in [5.41, 5.74) is 5.51. The Morgan fingerprint density at radius 1 is 1.10 bits per heavy atom. The Kier molecular flexibility index (Phi) is 7.34. The van der Waals surface area contributed by atoms with Gasteiger partial charge in [-0.15, -0.1) is 11.3 Å². The molecule has 1 aromatic carbocycles. The molecule has 0 unspecified atom stereocenters. The number of aromatic nitrogens is 2. The molecule has 2 heterocycles. The molecule has 158 valence electrons. The second kappa shape index (κ2) is 9.96. The number of nitrogens with zero attached hydrogens (tertiary/aromatic N) is 4. The molecule has 0 radical (unpaired) electrons. The zero-order valence-electron chi connectivity index (χ0n) is 18.5. The minimum absolute atomic E-state index is 0.121. The third-order valence-corrected chi connectivity index (χ3v) is 5.99. The Hall–Kier alpha value is -2.57. The van der Waals surface area contributed by atoms with Crippen molar-refractivity contribution in [2.45, 2.75) is 33.7 Å². The maximum atomic E-state index is 13.3. The van der Waals surface area contributed by atoms with Crippen LogP contribution in [-0.4, -0.2) is 52.9 Å². The number of carbonyl (C=O) groups is 1. The van der Waals surface area contributed by atoms with Crippen molar-refractivity contribution in [2.24, 2.45) is 0 Å². The van der Waals surface area contributed by atoms with Crippen molar-refractivity contribution in [1.82, 2.24) is 19.8 Å². The number of benzene rings is 1. The lowest BCUT2D eigenvalue weighted by molar-refractivity contribution is -0.131. The van der Waals surface area contributed by atoms with Gasteiger partial charge in [0.2, 0.25) is 5.91 Å². The summed E-state index contributed by atoms with van der Waals surface area (Å²) in [5.74, 6) is 0.121. The van der Waals surface area contributed by atoms with Crippen LogP contribution >= 0.6 is 11.3 Å². The van der Waals surface area contributed by atoms with Gasteiger partial charge >= 0.3 is 0 Å². The highest BCUT2D eigenvalue weighted by Gasteiger charge is 2.20. The number of thiazole rings is 1. The first kappa shape index (κ1) is 22.1. The monoisotopic (exact) mass is 422 g/mol. The first-order valence-electron chi connectivity index (χ1n) is 10.2. The standard InChI is InChI=1S/C24H30N4OS/c1-17-8-9-21(18(2)13-17)24-22(30-19(3)26-24)14-23(29)28(12-11-27(4)5)16-20-7-6-10-25-15-20/h6-10,13,15H,11-12,14,16H2,1-5H3. The lowest BCUT2D eigenvalue weighted by atomic mass is 10.0. The molecule has 1 amide bonds. The molecule has 5 nitrogen and oxygen atoms in total. The van der Waals surface area contributed by atoms with E-state index in [2.05, 4.69) is 41.9 Å². The van der Waals surface area contributed by atoms with E-state index in [1.54, 1.807) is 17.5 Å². The van der Waals surface area contributed by atoms with E-state index in [1.807, 2.05) is 44.2 Å². The smallest absolute Gasteiger partial charge is 0.228 e. The van der Waals surface area contributed by atoms with Crippen LogP contribution in [0.25, 0.3) is 11.3 Å². The fourth-order valence-electron chi connectivity index (χ4n) is 3.45. The SMILES string of the molecule is Cc1ccc(-c2nc(C)sc2CC(=O)N(CCN(C)C)Cc2cccnc2)c(C)c1. The second-order valence-corrected chi connectivity index (χ2v) is 9.27. The van der Waals surface area contributed by atoms with Crippen LogP contribution in [0.2, 0.25) is 0 Å². The van der Waals surface area contributed by atoms with Crippen molar-refractivity contribution in [3.8, 4) is 11.3 Å². The van der Waals surface area contributed by atoms with Gasteiger partial charge in [-0.2, -0.15) is 0 Å². The van der Waals surface area contributed by atoms with Gasteiger partial charge in [0.25, 0.3) is 0 Å². The number of likely N-dealkylation sites (N-methyl/N-ethyl adjacent to an activating group) is 1. The van der Waals surface area contributed by atoms with Crippen LogP contribution in [-0.2, 0) is 17.8 Å². The van der Waals surface area contributed by atoms with Crippen LogP contribution in [0.1, 0.15) is 26.6 Å². The molecule has 0 aliphatic carbocycles. The molecular weight excluding hydrogens is 392 g/mol. The van der Waals surface area contributed by atoms with Gasteiger partial charge in [0.1, 0.15) is 0 Å². The zero-order chi connectivity index (χ0) is 21.7. The summed E-state index contributed by atoms with van der Waals surface area (Å²) in [5, 5.41) is 0.986. The quantitative estimate of drug-likeness (QED) is 0.544. The molecule has 0 bridgehead atoms. The maximum absolute atomic E-state index is 13.3. The first-order chi connectivity index (χ1) is 14.3. The predicted octanol–water partition coefficient (Wildman–Crippen LogP) is 4.26. The van der Waals surface area contributed by atoms with Crippen molar-refractivity contribution in [3.05, 3.63) is 69.3 Å². The van der Waals surface area contributed by atoms with E-state index in [-0.39, 0.29) is 5.91 Å². The highest BCUT2D eigenvalue weighted by Crippen LogP contribution is 2.31. The van der Waals surface area contributed by atoms with Crippen LogP contribution in [0.15, 0.2) is 42.7 Å². The van der Waals surface area contributed by atoms with E-state index in [0.29, 0.717) is 19.5 Å². The number of hydrogen-bond acceptors (Lipinski definition) is 5. The molecule has 2 aromatic heterocycles. The van der Waals surface area contributed by atoms with Crippen molar-refractivity contribution in [3.63, 3.8) is 0 Å². The van der Waals surface area contributed by atoms with Crippen LogP contribution in [0.5, 0.6) is 0 Å². The molecule has 3 aromatic rings. The number of aryl methyl sites for hydroxylation is 3. The normalized spacial score (nSPS) is 11.1. The molecule has 0 aliphatic rings. The third kappa shape index (κ3) is 5.74. The van der Waals surface area contributed by atoms with Crippen LogP contribution in [0, 0.1) is 20.8 Å². The van der Waals surface area contributed by atoms with Crippen molar-refractivity contribution in [1.29, 1.82) is 0 Å². The topological polar surface area (TPSA) is 49.3 Å². The summed E-state index contributed by atoms with van der Waals surface area (Å²) in [6.07, 6.45) is 3.95. The van der Waals surface area contributed by atoms with E-state index in [0.717, 1.165) is 33.3 Å². The fourth-order valence-corrected chi connectivity index (χ4v) is 4.39. The van der Waals surface area contributed by atoms with Gasteiger partial charge < -0.3 is 9.80 Å². The number of rotatable bonds is 8. The Bertz CT molecular complexity index is 998. The Morgan fingerprint density at radius 3 is 2.57 bits per heavy atom. The summed E-state index contributed by atoms with van der Waals surface area (Å²) < 4.78 is 0. The third-order valence-electron chi connectivity index (χ3n) is 5.02. The second-order valence-electron chi connectivity index (χ2n) is 7.98. The summed E-state index contributed by atoms with van der Waals surface area (Å²) in [4.78, 5) is 27.4. The van der Waals surface area contributed by atoms with Crippen LogP contribution in [0.4, 0.5) is 0 Å². The van der Waals surface area contributed by atoms with Gasteiger partial charge in [-0.05, 0) is 52.1 Å². The molecule has 0 fully saturated rings. The van der Waals surface area contributed by atoms with Gasteiger partial charge in [0.15, 0.2) is 0 Å². The van der Waals surface area contributed by atoms with E-state index in [4.69, 9.17) is 4.98 Å². The Balaban J connectivity index is 1.84. The van der Waals surface area contributed by atoms with Gasteiger partial charge in [-0.3, -0.25) is 9.78 Å². The number of hydrogen-bond donors (Lipinski definition) is 0. The molecule has 3 rings (SSSR count). The first-order valence-corrected chi connectivity index (χ1v) is 11.0. The lowest BCUT2D eigenvalue weighted by Crippen LogP contribution is -2.37. The van der Waals surface area contributed by atoms with Crippen LogP contribution < -0.4 is 0 Å². The number of amides is 1. The van der Waals surface area contributed by atoms with Gasteiger partial charge in [0, 0.05) is 42.5 Å². The number of pyridine rings is 1. The molecular formula is C24H30N4OS. The van der Waals surface area contributed by atoms with Crippen LogP contribution in [0.3, 0.4) is 0 Å². The van der Waals surface area contributed by atoms with E-state index in [9.17, 15) is 4.79 Å². The molecule has 30 heavy (non-hydrogen) atoms. The average Bonchev–Trinajstić information content (AvgIpc) is 3.05. The summed E-state index contributed by atoms with van der Waals surface area (Å²) in [6.45, 7) is 8.26. The largest absolute Gasteiger partial charge is 0.337 e. The molecule has 0 N–H and O–H groups in total. The minimum atomic E-state index is 0.121. The van der Waals surface area contributed by atoms with Crippen molar-refractivity contribution in [2.75, 3.05) is 27.2 Å². The average molecular weight is 423 g/mol. The lowest BCUT2D eigenvalue weighted by Gasteiger charge is -2.24. The summed E-state index contributed by atoms with van der Waals surface area (Å²) >= 11 is 1.62. The van der Waals surface area contributed by atoms with Crippen molar-refractivity contribution >= 4 is 17.2 Å². The summed E-state index contributed by atoms with van der Waals surface area (Å²) in [7, 11) is 4.05. The molecule has 0 atom stereocenters. The Labute approximate surface area is 183 Å². The fraction of sp³-hybridized carbons (Fsp3) is 0.375. The van der Waals surface area contributed by atoms with E-state index in [1.165, 1.54) is 11.1 Å². The molecule has 6 heteroatoms. The van der Waals surface area contributed by atoms with Crippen molar-refractivity contribution < 1.29 is 4.79 Å². The summed E-state index contributed by atoms with van der Waals surface area (Å²) in [6, 6.07) is 10.3. The van der Waals surface area contributed by atoms with E-state index >= 15 is 0 Å². The molecule has 0 saturated carbocycles. The minimum Gasteiger partial charge on any atom is -0.337 e. The highest BCUT2D eigenvalue weighted by atomic mass is 32.1. The van der Waals surface area contributed by atoms with Gasteiger partial charge in [0.05, 0.1) is 17.1 Å². The maximum Gasteiger partial charge on any atom is 0.228 e. The zero-order valence-corrected chi connectivity index (χ0v) is 19.3. The van der Waals surface area contributed by atoms with E-state index < -0.39 is 0 Å². The highest BCUT2D eigenvalue weighted by molar-refractivity contribution is 7.12. The molecule has 0 aliphatic heterocycles. The number of carbonyl (C=O) groups excluding carboxylic acids is 1. The predicted molar refractivity (Wildman–Crippen MR) is 124 cm³/mol. The van der Waals surface area contributed by atoms with Gasteiger partial charge in [-0.1, -0.05) is 29.8 Å².